The average Bonchev–Trinajstić information content (AvgIpc) is 3.42. The van der Waals surface area contributed by atoms with Crippen LogP contribution in [0.15, 0.2) is 97.2 Å². The second-order valence-electron chi connectivity index (χ2n) is 21.3. The Morgan fingerprint density at radius 1 is 0.276 bits per heavy atom. The topological polar surface area (TPSA) is 78.9 Å². The molecule has 0 saturated carbocycles. The minimum Gasteiger partial charge on any atom is -0.462 e. The summed E-state index contributed by atoms with van der Waals surface area (Å²) in [6.45, 7) is 6.46. The van der Waals surface area contributed by atoms with Crippen molar-refractivity contribution in [1.82, 2.24) is 0 Å². The van der Waals surface area contributed by atoms with Gasteiger partial charge in [0.05, 0.1) is 0 Å². The van der Waals surface area contributed by atoms with E-state index in [0.29, 0.717) is 19.3 Å². The lowest BCUT2D eigenvalue weighted by molar-refractivity contribution is -0.166. The Morgan fingerprint density at radius 2 is 0.539 bits per heavy atom. The monoisotopic (exact) mass is 1060 g/mol. The zero-order valence-electron chi connectivity index (χ0n) is 50.0. The Morgan fingerprint density at radius 3 is 0.855 bits per heavy atom. The minimum atomic E-state index is -0.816. The molecule has 0 aromatic carbocycles. The van der Waals surface area contributed by atoms with Gasteiger partial charge in [-0.2, -0.15) is 0 Å². The standard InChI is InChI=1S/C70H120O6/c1-4-7-10-13-16-19-22-24-26-28-30-31-32-33-34-35-36-37-38-39-41-42-44-46-48-51-54-57-60-63-69(72)75-66-67(65-74-68(71)62-59-56-53-50-21-18-15-12-9-6-3)76-70(73)64-61-58-55-52-49-47-45-43-40-29-27-25-23-20-17-14-11-8-5-2/h8,11,17,20,22,24-25,27-28,30,40,43,47,49,55,58,67H,4-7,9-10,12-16,18-19,21,23,26,29,31-39,41-42,44-46,48,50-54,56-57,59-66H2,1-3H3/b11-8-,20-17-,24-22-,27-25-,30-28-,43-40-,49-47-,58-55-. The molecular weight excluding hydrogens is 937 g/mol. The molecule has 0 aliphatic heterocycles. The van der Waals surface area contributed by atoms with Gasteiger partial charge in [-0.05, 0) is 89.9 Å². The van der Waals surface area contributed by atoms with Crippen molar-refractivity contribution in [3.05, 3.63) is 97.2 Å². The Balaban J connectivity index is 4.25. The number of carbonyl (C=O) groups excluding carboxylic acids is 3. The van der Waals surface area contributed by atoms with Crippen molar-refractivity contribution >= 4 is 17.9 Å². The quantitative estimate of drug-likeness (QED) is 0.0261. The van der Waals surface area contributed by atoms with Gasteiger partial charge in [-0.3, -0.25) is 14.4 Å². The first-order valence-corrected chi connectivity index (χ1v) is 32.2. The van der Waals surface area contributed by atoms with Crippen LogP contribution < -0.4 is 0 Å². The molecule has 0 aromatic heterocycles. The minimum absolute atomic E-state index is 0.105. The van der Waals surface area contributed by atoms with E-state index >= 15 is 0 Å². The Kier molecular flexibility index (Phi) is 60.8. The van der Waals surface area contributed by atoms with Crippen molar-refractivity contribution in [1.29, 1.82) is 0 Å². The van der Waals surface area contributed by atoms with Crippen LogP contribution in [0.25, 0.3) is 0 Å². The summed E-state index contributed by atoms with van der Waals surface area (Å²) in [5, 5.41) is 0. The number of esters is 3. The number of hydrogen-bond donors (Lipinski definition) is 0. The zero-order chi connectivity index (χ0) is 55.0. The first-order valence-electron chi connectivity index (χ1n) is 32.2. The lowest BCUT2D eigenvalue weighted by Crippen LogP contribution is -2.30. The van der Waals surface area contributed by atoms with E-state index in [2.05, 4.69) is 112 Å². The summed E-state index contributed by atoms with van der Waals surface area (Å²) in [5.74, 6) is -0.982. The number of allylic oxidation sites excluding steroid dienone is 16. The normalized spacial score (nSPS) is 12.7. The number of carbonyl (C=O) groups is 3. The molecule has 6 nitrogen and oxygen atoms in total. The molecule has 0 aliphatic rings. The van der Waals surface area contributed by atoms with Crippen LogP contribution in [-0.2, 0) is 28.6 Å². The highest BCUT2D eigenvalue weighted by molar-refractivity contribution is 5.71. The largest absolute Gasteiger partial charge is 0.462 e. The lowest BCUT2D eigenvalue weighted by atomic mass is 10.0. The highest BCUT2D eigenvalue weighted by atomic mass is 16.6. The van der Waals surface area contributed by atoms with E-state index in [-0.39, 0.29) is 37.5 Å². The zero-order valence-corrected chi connectivity index (χ0v) is 50.0. The predicted molar refractivity (Wildman–Crippen MR) is 330 cm³/mol. The fourth-order valence-electron chi connectivity index (χ4n) is 9.03. The van der Waals surface area contributed by atoms with Crippen LogP contribution in [-0.4, -0.2) is 37.2 Å². The smallest absolute Gasteiger partial charge is 0.306 e. The summed E-state index contributed by atoms with van der Waals surface area (Å²) in [6.07, 6.45) is 85.9. The summed E-state index contributed by atoms with van der Waals surface area (Å²) in [7, 11) is 0. The number of hydrogen-bond acceptors (Lipinski definition) is 6. The van der Waals surface area contributed by atoms with E-state index in [4.69, 9.17) is 14.2 Å². The molecule has 6 heteroatoms. The molecule has 76 heavy (non-hydrogen) atoms. The maximum Gasteiger partial charge on any atom is 0.306 e. The maximum atomic E-state index is 12.8. The molecule has 0 saturated heterocycles. The van der Waals surface area contributed by atoms with Gasteiger partial charge < -0.3 is 14.2 Å². The first-order chi connectivity index (χ1) is 37.5. The Hall–Kier alpha value is -3.67. The Labute approximate surface area is 470 Å². The van der Waals surface area contributed by atoms with E-state index in [9.17, 15) is 14.4 Å². The van der Waals surface area contributed by atoms with Gasteiger partial charge in [0.1, 0.15) is 13.2 Å². The van der Waals surface area contributed by atoms with E-state index in [0.717, 1.165) is 83.5 Å². The summed E-state index contributed by atoms with van der Waals surface area (Å²) < 4.78 is 16.8. The molecule has 0 aromatic rings. The number of rotatable bonds is 58. The molecule has 1 unspecified atom stereocenters. The van der Waals surface area contributed by atoms with Crippen molar-refractivity contribution in [2.45, 2.75) is 316 Å². The van der Waals surface area contributed by atoms with E-state index in [1.54, 1.807) is 0 Å². The van der Waals surface area contributed by atoms with Crippen LogP contribution in [0.4, 0.5) is 0 Å². The molecule has 0 N–H and O–H groups in total. The third-order valence-corrected chi connectivity index (χ3v) is 13.8. The van der Waals surface area contributed by atoms with Crippen molar-refractivity contribution < 1.29 is 28.6 Å². The van der Waals surface area contributed by atoms with Gasteiger partial charge in [0.25, 0.3) is 0 Å². The fraction of sp³-hybridized carbons (Fsp3) is 0.729. The molecule has 0 amide bonds. The summed E-state index contributed by atoms with van der Waals surface area (Å²) in [4.78, 5) is 38.2. The fourth-order valence-corrected chi connectivity index (χ4v) is 9.03. The SMILES string of the molecule is CC/C=C\C/C=C\C/C=C\C/C=C\C/C=C\C/C=C\CCC(=O)OC(COC(=O)CCCCCCCCCCCC)COC(=O)CCCCCCCCCCCCCCCCCCC/C=C\C/C=C\CCCCCCC. The Bertz CT molecular complexity index is 1490. The summed E-state index contributed by atoms with van der Waals surface area (Å²) in [5.41, 5.74) is 0. The molecule has 436 valence electrons. The average molecular weight is 1060 g/mol. The second kappa shape index (κ2) is 63.9. The molecule has 1 atom stereocenters. The van der Waals surface area contributed by atoms with E-state index < -0.39 is 6.10 Å². The molecule has 0 radical (unpaired) electrons. The third-order valence-electron chi connectivity index (χ3n) is 13.8. The van der Waals surface area contributed by atoms with Crippen molar-refractivity contribution in [2.75, 3.05) is 13.2 Å². The summed E-state index contributed by atoms with van der Waals surface area (Å²) in [6, 6.07) is 0. The van der Waals surface area contributed by atoms with Gasteiger partial charge in [0, 0.05) is 19.3 Å². The number of ether oxygens (including phenoxy) is 3. The second-order valence-corrected chi connectivity index (χ2v) is 21.3. The van der Waals surface area contributed by atoms with E-state index in [1.165, 1.54) is 180 Å². The molecular formula is C70H120O6. The van der Waals surface area contributed by atoms with Crippen LogP contribution in [0.3, 0.4) is 0 Å². The molecule has 0 aliphatic carbocycles. The van der Waals surface area contributed by atoms with Gasteiger partial charge in [0.15, 0.2) is 6.10 Å². The first kappa shape index (κ1) is 72.3. The highest BCUT2D eigenvalue weighted by Gasteiger charge is 2.19. The van der Waals surface area contributed by atoms with Crippen LogP contribution in [0.1, 0.15) is 310 Å². The van der Waals surface area contributed by atoms with Gasteiger partial charge >= 0.3 is 17.9 Å². The molecule has 0 heterocycles. The van der Waals surface area contributed by atoms with Gasteiger partial charge in [-0.25, -0.2) is 0 Å². The van der Waals surface area contributed by atoms with Gasteiger partial charge in [-0.1, -0.05) is 298 Å². The van der Waals surface area contributed by atoms with Crippen molar-refractivity contribution in [3.63, 3.8) is 0 Å². The molecule has 0 bridgehead atoms. The lowest BCUT2D eigenvalue weighted by Gasteiger charge is -2.18. The van der Waals surface area contributed by atoms with Gasteiger partial charge in [0.2, 0.25) is 0 Å². The molecule has 0 rings (SSSR count). The van der Waals surface area contributed by atoms with Crippen LogP contribution in [0.2, 0.25) is 0 Å². The third kappa shape index (κ3) is 61.2. The van der Waals surface area contributed by atoms with Crippen LogP contribution in [0.5, 0.6) is 0 Å². The predicted octanol–water partition coefficient (Wildman–Crippen LogP) is 22.0. The highest BCUT2D eigenvalue weighted by Crippen LogP contribution is 2.16. The van der Waals surface area contributed by atoms with E-state index in [1.807, 2.05) is 6.08 Å². The maximum absolute atomic E-state index is 12.8. The summed E-state index contributed by atoms with van der Waals surface area (Å²) >= 11 is 0. The number of unbranched alkanes of at least 4 members (excludes halogenated alkanes) is 31. The molecule has 0 spiro atoms. The molecule has 0 fully saturated rings. The van der Waals surface area contributed by atoms with Crippen LogP contribution >= 0.6 is 0 Å². The van der Waals surface area contributed by atoms with Gasteiger partial charge in [-0.15, -0.1) is 0 Å². The van der Waals surface area contributed by atoms with Crippen molar-refractivity contribution in [2.24, 2.45) is 0 Å². The van der Waals surface area contributed by atoms with Crippen LogP contribution in [0, 0.1) is 0 Å². The van der Waals surface area contributed by atoms with Crippen molar-refractivity contribution in [3.8, 4) is 0 Å².